The quantitative estimate of drug-likeness (QED) is 0.252. The van der Waals surface area contributed by atoms with Crippen molar-refractivity contribution in [3.05, 3.63) is 68.6 Å². The van der Waals surface area contributed by atoms with E-state index < -0.39 is 30.0 Å². The third-order valence-corrected chi connectivity index (χ3v) is 7.57. The van der Waals surface area contributed by atoms with E-state index in [1.54, 1.807) is 24.3 Å². The molecule has 0 saturated heterocycles. The van der Waals surface area contributed by atoms with E-state index in [1.165, 1.54) is 30.2 Å². The molecule has 0 aliphatic heterocycles. The van der Waals surface area contributed by atoms with Crippen LogP contribution in [0.1, 0.15) is 35.2 Å². The van der Waals surface area contributed by atoms with Crippen molar-refractivity contribution in [1.29, 1.82) is 0 Å². The minimum Gasteiger partial charge on any atom is -0.493 e. The maximum atomic E-state index is 14.6. The molecule has 39 heavy (non-hydrogen) atoms. The number of hydrogen-bond donors (Lipinski definition) is 3. The lowest BCUT2D eigenvalue weighted by molar-refractivity contribution is -0.140. The number of rotatable bonds is 11. The molecule has 0 heterocycles. The topological polar surface area (TPSA) is 125 Å². The summed E-state index contributed by atoms with van der Waals surface area (Å²) in [5.74, 6) is -0.880. The van der Waals surface area contributed by atoms with Crippen LogP contribution in [0.25, 0.3) is 0 Å². The maximum absolute atomic E-state index is 14.6. The number of halogens is 2. The predicted octanol–water partition coefficient (Wildman–Crippen LogP) is 2.61. The molecule has 4 rings (SSSR count). The number of carbonyl (C=O) groups is 3. The summed E-state index contributed by atoms with van der Waals surface area (Å²) >= 11 is 1.98. The number of hydrogen-bond acceptors (Lipinski definition) is 7. The Morgan fingerprint density at radius 3 is 2.64 bits per heavy atom. The monoisotopic (exact) mass is 652 g/mol. The average Bonchev–Trinajstić information content (AvgIpc) is 3.78. The average molecular weight is 652 g/mol. The first-order valence-corrected chi connectivity index (χ1v) is 13.7. The number of aliphatic hydroxyl groups is 2. The van der Waals surface area contributed by atoms with Gasteiger partial charge in [-0.1, -0.05) is 18.2 Å². The van der Waals surface area contributed by atoms with Gasteiger partial charge in [-0.2, -0.15) is 0 Å². The number of benzene rings is 2. The molecule has 2 aliphatic carbocycles. The SMILES string of the molecule is COc1cc(C=O)cc(I)c1O[C@H]1C=C(C(=O)NCCO)C[C@@H](N(Cc2ccccc2F)C(=O)C2CC2)[C@@H]1O. The Labute approximate surface area is 239 Å². The second kappa shape index (κ2) is 12.9. The molecule has 0 bridgehead atoms. The van der Waals surface area contributed by atoms with E-state index in [-0.39, 0.29) is 60.6 Å². The van der Waals surface area contributed by atoms with Crippen molar-refractivity contribution >= 4 is 40.7 Å². The van der Waals surface area contributed by atoms with E-state index in [0.29, 0.717) is 28.3 Å². The van der Waals surface area contributed by atoms with Crippen LogP contribution in [0.15, 0.2) is 48.0 Å². The van der Waals surface area contributed by atoms with Crippen molar-refractivity contribution in [3.8, 4) is 11.5 Å². The highest BCUT2D eigenvalue weighted by atomic mass is 127. The van der Waals surface area contributed by atoms with Crippen LogP contribution in [-0.4, -0.2) is 71.7 Å². The van der Waals surface area contributed by atoms with Crippen molar-refractivity contribution in [2.75, 3.05) is 20.3 Å². The number of amides is 2. The Bertz CT molecular complexity index is 1270. The molecule has 11 heteroatoms. The zero-order chi connectivity index (χ0) is 28.1. The molecular weight excluding hydrogens is 622 g/mol. The van der Waals surface area contributed by atoms with Gasteiger partial charge >= 0.3 is 0 Å². The molecule has 3 N–H and O–H groups in total. The second-order valence-electron chi connectivity index (χ2n) is 9.50. The van der Waals surface area contributed by atoms with Gasteiger partial charge in [0, 0.05) is 42.1 Å². The van der Waals surface area contributed by atoms with Crippen LogP contribution in [0.3, 0.4) is 0 Å². The van der Waals surface area contributed by atoms with Crippen molar-refractivity contribution in [2.24, 2.45) is 5.92 Å². The van der Waals surface area contributed by atoms with Crippen LogP contribution in [0.2, 0.25) is 0 Å². The van der Waals surface area contributed by atoms with Gasteiger partial charge in [-0.15, -0.1) is 0 Å². The summed E-state index contributed by atoms with van der Waals surface area (Å²) in [6, 6.07) is 8.31. The minimum atomic E-state index is -1.28. The third kappa shape index (κ3) is 6.76. The number of nitrogens with one attached hydrogen (secondary N) is 1. The van der Waals surface area contributed by atoms with Gasteiger partial charge in [-0.3, -0.25) is 14.4 Å². The number of nitrogens with zero attached hydrogens (tertiary/aromatic N) is 1. The molecule has 2 amide bonds. The van der Waals surface area contributed by atoms with Crippen LogP contribution < -0.4 is 14.8 Å². The van der Waals surface area contributed by atoms with Crippen LogP contribution in [0.4, 0.5) is 4.39 Å². The number of methoxy groups -OCH3 is 1. The van der Waals surface area contributed by atoms with Gasteiger partial charge in [0.05, 0.1) is 23.3 Å². The van der Waals surface area contributed by atoms with Gasteiger partial charge < -0.3 is 29.9 Å². The molecule has 1 saturated carbocycles. The summed E-state index contributed by atoms with van der Waals surface area (Å²) in [5, 5.41) is 23.3. The molecule has 2 aliphatic rings. The van der Waals surface area contributed by atoms with E-state index in [1.807, 2.05) is 22.6 Å². The molecule has 0 unspecified atom stereocenters. The minimum absolute atomic E-state index is 0.00348. The molecule has 0 spiro atoms. The predicted molar refractivity (Wildman–Crippen MR) is 148 cm³/mol. The van der Waals surface area contributed by atoms with Gasteiger partial charge in [0.2, 0.25) is 11.8 Å². The molecular formula is C28H30FIN2O7. The van der Waals surface area contributed by atoms with E-state index in [4.69, 9.17) is 9.47 Å². The molecule has 1 fully saturated rings. The summed E-state index contributed by atoms with van der Waals surface area (Å²) in [6.45, 7) is -0.326. The van der Waals surface area contributed by atoms with E-state index in [0.717, 1.165) is 0 Å². The third-order valence-electron chi connectivity index (χ3n) is 6.76. The summed E-state index contributed by atoms with van der Waals surface area (Å²) < 4.78 is 26.8. The number of carbonyl (C=O) groups excluding carboxylic acids is 3. The number of aldehydes is 1. The first-order chi connectivity index (χ1) is 18.8. The smallest absolute Gasteiger partial charge is 0.247 e. The largest absolute Gasteiger partial charge is 0.493 e. The van der Waals surface area contributed by atoms with Gasteiger partial charge in [-0.25, -0.2) is 4.39 Å². The molecule has 208 valence electrons. The number of ether oxygens (including phenoxy) is 2. The highest BCUT2D eigenvalue weighted by molar-refractivity contribution is 14.1. The fraction of sp³-hybridized carbons (Fsp3) is 0.393. The first-order valence-electron chi connectivity index (χ1n) is 12.6. The maximum Gasteiger partial charge on any atom is 0.247 e. The Morgan fingerprint density at radius 2 is 2.00 bits per heavy atom. The van der Waals surface area contributed by atoms with Crippen LogP contribution >= 0.6 is 22.6 Å². The lowest BCUT2D eigenvalue weighted by Crippen LogP contribution is -2.55. The van der Waals surface area contributed by atoms with E-state index in [2.05, 4.69) is 5.32 Å². The molecule has 3 atom stereocenters. The van der Waals surface area contributed by atoms with Crippen LogP contribution in [0, 0.1) is 15.3 Å². The highest BCUT2D eigenvalue weighted by Gasteiger charge is 2.44. The first kappa shape index (κ1) is 29.0. The Kier molecular flexibility index (Phi) is 9.57. The summed E-state index contributed by atoms with van der Waals surface area (Å²) in [4.78, 5) is 39.2. The summed E-state index contributed by atoms with van der Waals surface area (Å²) in [6.07, 6.45) is 1.20. The zero-order valence-electron chi connectivity index (χ0n) is 21.3. The van der Waals surface area contributed by atoms with Crippen molar-refractivity contribution in [3.63, 3.8) is 0 Å². The number of aliphatic hydroxyl groups excluding tert-OH is 2. The molecule has 2 aromatic carbocycles. The zero-order valence-corrected chi connectivity index (χ0v) is 23.5. The fourth-order valence-electron chi connectivity index (χ4n) is 4.57. The van der Waals surface area contributed by atoms with Crippen LogP contribution in [0.5, 0.6) is 11.5 Å². The van der Waals surface area contributed by atoms with E-state index >= 15 is 0 Å². The lowest BCUT2D eigenvalue weighted by atomic mass is 9.87. The Morgan fingerprint density at radius 1 is 1.26 bits per heavy atom. The molecule has 0 aromatic heterocycles. The highest BCUT2D eigenvalue weighted by Crippen LogP contribution is 2.38. The molecule has 2 aromatic rings. The van der Waals surface area contributed by atoms with Crippen molar-refractivity contribution in [1.82, 2.24) is 10.2 Å². The molecule has 9 nitrogen and oxygen atoms in total. The van der Waals surface area contributed by atoms with Crippen molar-refractivity contribution < 1.29 is 38.5 Å². The normalized spacial score (nSPS) is 20.5. The molecule has 0 radical (unpaired) electrons. The van der Waals surface area contributed by atoms with Crippen LogP contribution in [-0.2, 0) is 16.1 Å². The van der Waals surface area contributed by atoms with Gasteiger partial charge in [0.1, 0.15) is 24.3 Å². The second-order valence-corrected chi connectivity index (χ2v) is 10.7. The standard InChI is InChI=1S/C28H30FIN2O7/c1-38-24-11-16(15-34)10-21(30)26(24)39-23-13-19(27(36)31-8-9-33)12-22(25(23)35)32(28(37)17-6-7-17)14-18-4-2-3-5-20(18)29/h2-5,10-11,13,15,17,22-23,25,33,35H,6-9,12,14H2,1H3,(H,31,36)/t22-,23+,25+/m1/s1. The lowest BCUT2D eigenvalue weighted by Gasteiger charge is -2.41. The summed E-state index contributed by atoms with van der Waals surface area (Å²) in [5.41, 5.74) is 0.915. The van der Waals surface area contributed by atoms with Gasteiger partial charge in [-0.05, 0) is 59.7 Å². The van der Waals surface area contributed by atoms with E-state index in [9.17, 15) is 29.0 Å². The van der Waals surface area contributed by atoms with Gasteiger partial charge in [0.25, 0.3) is 0 Å². The van der Waals surface area contributed by atoms with Gasteiger partial charge in [0.15, 0.2) is 11.5 Å². The summed E-state index contributed by atoms with van der Waals surface area (Å²) in [7, 11) is 1.42. The Hall–Kier alpha value is -3.03. The fourth-order valence-corrected chi connectivity index (χ4v) is 5.32. The van der Waals surface area contributed by atoms with Crippen molar-refractivity contribution in [2.45, 2.75) is 44.1 Å². The Balaban J connectivity index is 1.72.